The summed E-state index contributed by atoms with van der Waals surface area (Å²) in [5.41, 5.74) is 5.98. The van der Waals surface area contributed by atoms with Crippen LogP contribution in [0.25, 0.3) is 21.5 Å². The van der Waals surface area contributed by atoms with Crippen molar-refractivity contribution in [2.75, 3.05) is 18.0 Å². The summed E-state index contributed by atoms with van der Waals surface area (Å²) in [5, 5.41) is 3.43. The minimum atomic E-state index is -4.30. The van der Waals surface area contributed by atoms with Gasteiger partial charge in [0.2, 0.25) is 5.69 Å². The number of benzene rings is 4. The molecule has 0 saturated carbocycles. The van der Waals surface area contributed by atoms with Crippen LogP contribution >= 0.6 is 0 Å². The Labute approximate surface area is 288 Å². The molecule has 2 aliphatic heterocycles. The first-order valence-electron chi connectivity index (χ1n) is 16.3. The molecule has 49 heavy (non-hydrogen) atoms. The Kier molecular flexibility index (Phi) is 8.60. The fourth-order valence-electron chi connectivity index (χ4n) is 7.63. The van der Waals surface area contributed by atoms with Crippen LogP contribution in [0.15, 0.2) is 119 Å². The Morgan fingerprint density at radius 1 is 0.694 bits per heavy atom. The minimum absolute atomic E-state index is 0.116. The SMILES string of the molecule is CCN1/C(=C/C=C/C=C/C=C/C2=[N+](CC)c3ccc4cc(S(=O)(=O)O)ccc4c3C2(C)C)C(C)(C)c2c1ccc1cc(S(=O)(=O)O)ccc21. The van der Waals surface area contributed by atoms with E-state index in [1.54, 1.807) is 12.1 Å². The largest absolute Gasteiger partial charge is 0.344 e. The summed E-state index contributed by atoms with van der Waals surface area (Å²) in [6.07, 6.45) is 14.3. The van der Waals surface area contributed by atoms with Gasteiger partial charge in [-0.05, 0) is 97.3 Å². The molecule has 0 radical (unpaired) electrons. The average Bonchev–Trinajstić information content (AvgIpc) is 3.40. The van der Waals surface area contributed by atoms with Crippen LogP contribution in [0.3, 0.4) is 0 Å². The van der Waals surface area contributed by atoms with Crippen molar-refractivity contribution in [3.63, 3.8) is 0 Å². The van der Waals surface area contributed by atoms with Gasteiger partial charge in [-0.15, -0.1) is 0 Å². The second-order valence-electron chi connectivity index (χ2n) is 13.4. The first kappa shape index (κ1) is 34.5. The Morgan fingerprint density at radius 3 is 1.82 bits per heavy atom. The number of likely N-dealkylation sites (N-methyl/N-ethyl adjacent to an activating group) is 1. The van der Waals surface area contributed by atoms with E-state index in [2.05, 4.69) is 63.2 Å². The van der Waals surface area contributed by atoms with Crippen molar-refractivity contribution in [1.82, 2.24) is 0 Å². The van der Waals surface area contributed by atoms with Crippen LogP contribution in [0, 0.1) is 0 Å². The lowest BCUT2D eigenvalue weighted by Gasteiger charge is -2.26. The lowest BCUT2D eigenvalue weighted by molar-refractivity contribution is -0.433. The van der Waals surface area contributed by atoms with E-state index in [1.165, 1.54) is 24.3 Å². The molecule has 0 fully saturated rings. The predicted molar refractivity (Wildman–Crippen MR) is 198 cm³/mol. The lowest BCUT2D eigenvalue weighted by Crippen LogP contribution is -2.27. The maximum atomic E-state index is 11.7. The fourth-order valence-corrected chi connectivity index (χ4v) is 8.66. The first-order chi connectivity index (χ1) is 23.0. The third kappa shape index (κ3) is 5.86. The minimum Gasteiger partial charge on any atom is -0.344 e. The molecule has 10 heteroatoms. The molecule has 0 amide bonds. The molecule has 4 aromatic carbocycles. The van der Waals surface area contributed by atoms with E-state index in [0.717, 1.165) is 68.5 Å². The number of hydrogen-bond acceptors (Lipinski definition) is 5. The van der Waals surface area contributed by atoms with Crippen LogP contribution in [-0.2, 0) is 31.1 Å². The molecule has 2 aliphatic rings. The van der Waals surface area contributed by atoms with E-state index in [4.69, 9.17) is 0 Å². The molecule has 6 rings (SSSR count). The quantitative estimate of drug-likeness (QED) is 0.108. The summed E-state index contributed by atoms with van der Waals surface area (Å²) in [7, 11) is -8.59. The zero-order chi connectivity index (χ0) is 35.5. The van der Waals surface area contributed by atoms with E-state index >= 15 is 0 Å². The fraction of sp³-hybridized carbons (Fsp3) is 0.256. The van der Waals surface area contributed by atoms with Crippen LogP contribution < -0.4 is 4.90 Å². The van der Waals surface area contributed by atoms with Crippen LogP contribution in [0.2, 0.25) is 0 Å². The molecule has 8 nitrogen and oxygen atoms in total. The predicted octanol–water partition coefficient (Wildman–Crippen LogP) is 8.25. The highest BCUT2D eigenvalue weighted by molar-refractivity contribution is 7.86. The zero-order valence-corrected chi connectivity index (χ0v) is 30.1. The molecule has 0 aliphatic carbocycles. The van der Waals surface area contributed by atoms with E-state index in [-0.39, 0.29) is 20.6 Å². The van der Waals surface area contributed by atoms with Crippen molar-refractivity contribution in [2.45, 2.75) is 62.2 Å². The Bertz CT molecular complexity index is 2410. The van der Waals surface area contributed by atoms with E-state index < -0.39 is 20.2 Å². The third-order valence-electron chi connectivity index (χ3n) is 9.81. The Balaban J connectivity index is 1.25. The monoisotopic (exact) mass is 697 g/mol. The highest BCUT2D eigenvalue weighted by Crippen LogP contribution is 2.51. The number of anilines is 1. The maximum absolute atomic E-state index is 11.7. The highest BCUT2D eigenvalue weighted by atomic mass is 32.2. The van der Waals surface area contributed by atoms with Gasteiger partial charge in [0, 0.05) is 41.1 Å². The van der Waals surface area contributed by atoms with Crippen LogP contribution in [-0.4, -0.2) is 49.3 Å². The van der Waals surface area contributed by atoms with E-state index in [1.807, 2.05) is 54.6 Å². The summed E-state index contributed by atoms with van der Waals surface area (Å²) in [6.45, 7) is 14.4. The standard InChI is InChI=1S/C39H40N2O6S2/c1-7-40-32-22-16-26-24-28(48(42,43)44)18-20-30(26)36(32)38(3,4)34(40)14-12-10-9-11-13-15-35-39(5,6)37-31-21-19-29(49(45,46)47)25-27(31)17-23-33(37)41(35)8-2/h9-25H,7-8H2,1-6H3,(H-,42,43,44,45,46,47)/p+1. The molecule has 254 valence electrons. The van der Waals surface area contributed by atoms with Gasteiger partial charge < -0.3 is 4.90 Å². The summed E-state index contributed by atoms with van der Waals surface area (Å²) in [6, 6.07) is 17.4. The molecule has 0 saturated heterocycles. The molecule has 2 heterocycles. The topological polar surface area (TPSA) is 115 Å². The van der Waals surface area contributed by atoms with Gasteiger partial charge in [-0.2, -0.15) is 21.4 Å². The molecular weight excluding hydrogens is 657 g/mol. The van der Waals surface area contributed by atoms with Gasteiger partial charge in [0.15, 0.2) is 5.71 Å². The molecule has 0 atom stereocenters. The smallest absolute Gasteiger partial charge is 0.294 e. The van der Waals surface area contributed by atoms with E-state index in [0.29, 0.717) is 0 Å². The molecule has 4 aromatic rings. The number of fused-ring (bicyclic) bond motifs is 6. The Morgan fingerprint density at radius 2 is 1.24 bits per heavy atom. The van der Waals surface area contributed by atoms with Gasteiger partial charge in [0.1, 0.15) is 6.54 Å². The number of rotatable bonds is 8. The first-order valence-corrected chi connectivity index (χ1v) is 19.1. The van der Waals surface area contributed by atoms with Crippen molar-refractivity contribution in [1.29, 1.82) is 0 Å². The van der Waals surface area contributed by atoms with Gasteiger partial charge in [0.05, 0.1) is 15.2 Å². The Hall–Kier alpha value is -4.35. The number of hydrogen-bond donors (Lipinski definition) is 2. The zero-order valence-electron chi connectivity index (χ0n) is 28.5. The van der Waals surface area contributed by atoms with Gasteiger partial charge in [-0.25, -0.2) is 0 Å². The summed E-state index contributed by atoms with van der Waals surface area (Å²) < 4.78 is 68.4. The summed E-state index contributed by atoms with van der Waals surface area (Å²) >= 11 is 0. The van der Waals surface area contributed by atoms with Crippen molar-refractivity contribution >= 4 is 58.9 Å². The van der Waals surface area contributed by atoms with Gasteiger partial charge in [-0.1, -0.05) is 62.4 Å². The summed E-state index contributed by atoms with van der Waals surface area (Å²) in [5.74, 6) is 0. The van der Waals surface area contributed by atoms with Crippen molar-refractivity contribution < 1.29 is 30.5 Å². The van der Waals surface area contributed by atoms with Crippen molar-refractivity contribution in [3.05, 3.63) is 120 Å². The van der Waals surface area contributed by atoms with Crippen molar-refractivity contribution in [2.24, 2.45) is 0 Å². The highest BCUT2D eigenvalue weighted by Gasteiger charge is 2.45. The lowest BCUT2D eigenvalue weighted by atomic mass is 9.79. The maximum Gasteiger partial charge on any atom is 0.294 e. The molecule has 0 spiro atoms. The number of allylic oxidation sites excluding steroid dienone is 8. The molecule has 0 aromatic heterocycles. The van der Waals surface area contributed by atoms with Gasteiger partial charge in [0.25, 0.3) is 20.2 Å². The third-order valence-corrected chi connectivity index (χ3v) is 11.5. The normalized spacial score (nSPS) is 18.3. The van der Waals surface area contributed by atoms with Crippen molar-refractivity contribution in [3.8, 4) is 0 Å². The molecule has 0 unspecified atom stereocenters. The number of nitrogens with zero attached hydrogens (tertiary/aromatic N) is 2. The second-order valence-corrected chi connectivity index (χ2v) is 16.3. The van der Waals surface area contributed by atoms with E-state index in [9.17, 15) is 25.9 Å². The molecule has 2 N–H and O–H groups in total. The second kappa shape index (κ2) is 12.2. The molecular formula is C39H41N2O6S2+. The van der Waals surface area contributed by atoms with Gasteiger partial charge in [-0.3, -0.25) is 9.11 Å². The van der Waals surface area contributed by atoms with Crippen LogP contribution in [0.4, 0.5) is 11.4 Å². The summed E-state index contributed by atoms with van der Waals surface area (Å²) in [4.78, 5) is 2.05. The van der Waals surface area contributed by atoms with Crippen LogP contribution in [0.1, 0.15) is 52.7 Å². The van der Waals surface area contributed by atoms with Gasteiger partial charge >= 0.3 is 0 Å². The average molecular weight is 698 g/mol. The van der Waals surface area contributed by atoms with Crippen LogP contribution in [0.5, 0.6) is 0 Å². The molecule has 0 bridgehead atoms.